The molecule has 0 saturated carbocycles. The first-order valence-corrected chi connectivity index (χ1v) is 10.6. The van der Waals surface area contributed by atoms with Gasteiger partial charge >= 0.3 is 0 Å². The largest absolute Gasteiger partial charge is 0.497 e. The lowest BCUT2D eigenvalue weighted by molar-refractivity contribution is 0.415. The van der Waals surface area contributed by atoms with Crippen LogP contribution in [0.4, 0.5) is 25.8 Å². The standard InChI is InChI=1S/C26H23F2N3O3/c1-14(16-10-17(27)12-18(28)11-16)30-13-21-20(15-6-8-19(34-2)9-7-15)4-3-5-22(21)31-24-23(29)25(32)26(24)33/h3-12,14,30-31H,13,29H2,1-2H3. The van der Waals surface area contributed by atoms with Crippen LogP contribution in [0.15, 0.2) is 70.3 Å². The molecule has 6 nitrogen and oxygen atoms in total. The third-order valence-electron chi connectivity index (χ3n) is 5.75. The van der Waals surface area contributed by atoms with E-state index in [1.54, 1.807) is 20.1 Å². The number of anilines is 3. The van der Waals surface area contributed by atoms with Crippen LogP contribution in [0.25, 0.3) is 11.1 Å². The topological polar surface area (TPSA) is 93.4 Å². The van der Waals surface area contributed by atoms with Crippen molar-refractivity contribution in [1.29, 1.82) is 0 Å². The second-order valence-corrected chi connectivity index (χ2v) is 7.94. The first-order valence-electron chi connectivity index (χ1n) is 10.6. The van der Waals surface area contributed by atoms with Crippen LogP contribution in [0.3, 0.4) is 0 Å². The van der Waals surface area contributed by atoms with Crippen LogP contribution in [0, 0.1) is 11.6 Å². The number of benzene rings is 3. The van der Waals surface area contributed by atoms with Gasteiger partial charge in [-0.1, -0.05) is 24.3 Å². The Balaban J connectivity index is 1.70. The van der Waals surface area contributed by atoms with Crippen molar-refractivity contribution in [1.82, 2.24) is 5.32 Å². The highest BCUT2D eigenvalue weighted by atomic mass is 19.1. The van der Waals surface area contributed by atoms with Crippen LogP contribution in [0.5, 0.6) is 5.75 Å². The number of nitrogens with one attached hydrogen (secondary N) is 2. The first-order chi connectivity index (χ1) is 16.3. The van der Waals surface area contributed by atoms with Crippen molar-refractivity contribution in [2.45, 2.75) is 19.5 Å². The van der Waals surface area contributed by atoms with E-state index in [1.165, 1.54) is 12.1 Å². The summed E-state index contributed by atoms with van der Waals surface area (Å²) in [7, 11) is 1.58. The number of halogens is 2. The third kappa shape index (κ3) is 4.53. The molecule has 0 radical (unpaired) electrons. The minimum atomic E-state index is -0.713. The Morgan fingerprint density at radius 3 is 2.26 bits per heavy atom. The molecule has 0 fully saturated rings. The Kier molecular flexibility index (Phi) is 6.43. The molecule has 4 aromatic rings. The van der Waals surface area contributed by atoms with E-state index in [2.05, 4.69) is 10.6 Å². The molecule has 174 valence electrons. The van der Waals surface area contributed by atoms with Gasteiger partial charge in [0, 0.05) is 24.3 Å². The number of hydrogen-bond acceptors (Lipinski definition) is 6. The molecule has 0 aliphatic heterocycles. The molecule has 34 heavy (non-hydrogen) atoms. The summed E-state index contributed by atoms with van der Waals surface area (Å²) in [5.74, 6) is -0.601. The Labute approximate surface area is 194 Å². The van der Waals surface area contributed by atoms with Crippen LogP contribution in [-0.2, 0) is 6.54 Å². The summed E-state index contributed by atoms with van der Waals surface area (Å²) in [5.41, 5.74) is 7.84. The number of nitrogen functional groups attached to an aromatic ring is 1. The molecule has 0 aromatic heterocycles. The number of nitrogens with two attached hydrogens (primary N) is 1. The first kappa shape index (κ1) is 23.1. The molecular weight excluding hydrogens is 440 g/mol. The van der Waals surface area contributed by atoms with Gasteiger partial charge in [0.05, 0.1) is 7.11 Å². The molecule has 8 heteroatoms. The molecule has 0 aliphatic rings. The van der Waals surface area contributed by atoms with E-state index in [-0.39, 0.29) is 17.4 Å². The zero-order chi connectivity index (χ0) is 24.4. The van der Waals surface area contributed by atoms with Gasteiger partial charge in [0.25, 0.3) is 10.9 Å². The summed E-state index contributed by atoms with van der Waals surface area (Å²) in [5, 5.41) is 6.28. The Bertz CT molecular complexity index is 1390. The fourth-order valence-corrected chi connectivity index (χ4v) is 3.80. The number of methoxy groups -OCH3 is 1. The van der Waals surface area contributed by atoms with E-state index >= 15 is 0 Å². The molecule has 0 saturated heterocycles. The molecule has 0 aliphatic carbocycles. The van der Waals surface area contributed by atoms with Crippen molar-refractivity contribution in [2.75, 3.05) is 18.2 Å². The molecule has 4 rings (SSSR count). The number of rotatable bonds is 8. The fraction of sp³-hybridized carbons (Fsp3) is 0.154. The minimum absolute atomic E-state index is 0.0541. The molecule has 4 N–H and O–H groups in total. The summed E-state index contributed by atoms with van der Waals surface area (Å²) in [6.07, 6.45) is 0. The molecule has 4 aromatic carbocycles. The van der Waals surface area contributed by atoms with Crippen molar-refractivity contribution in [2.24, 2.45) is 0 Å². The summed E-state index contributed by atoms with van der Waals surface area (Å²) >= 11 is 0. The van der Waals surface area contributed by atoms with Crippen molar-refractivity contribution >= 4 is 17.1 Å². The van der Waals surface area contributed by atoms with Gasteiger partial charge in [-0.3, -0.25) is 9.59 Å². The highest BCUT2D eigenvalue weighted by molar-refractivity contribution is 5.81. The van der Waals surface area contributed by atoms with Crippen LogP contribution in [0.2, 0.25) is 0 Å². The number of hydrogen-bond donors (Lipinski definition) is 3. The summed E-state index contributed by atoms with van der Waals surface area (Å²) in [6.45, 7) is 2.09. The predicted molar refractivity (Wildman–Crippen MR) is 129 cm³/mol. The maximum Gasteiger partial charge on any atom is 0.253 e. The van der Waals surface area contributed by atoms with Crippen molar-refractivity contribution < 1.29 is 13.5 Å². The maximum atomic E-state index is 13.7. The van der Waals surface area contributed by atoms with E-state index < -0.39 is 22.5 Å². The molecule has 1 unspecified atom stereocenters. The summed E-state index contributed by atoms with van der Waals surface area (Å²) < 4.78 is 32.6. The van der Waals surface area contributed by atoms with E-state index in [0.717, 1.165) is 22.8 Å². The van der Waals surface area contributed by atoms with Gasteiger partial charge in [-0.05, 0) is 59.5 Å². The molecule has 1 atom stereocenters. The Morgan fingerprint density at radius 2 is 1.65 bits per heavy atom. The van der Waals surface area contributed by atoms with Gasteiger partial charge < -0.3 is 21.1 Å². The molecule has 0 spiro atoms. The maximum absolute atomic E-state index is 13.7. The van der Waals surface area contributed by atoms with Gasteiger partial charge in [0.15, 0.2) is 0 Å². The fourth-order valence-electron chi connectivity index (χ4n) is 3.80. The van der Waals surface area contributed by atoms with Crippen LogP contribution >= 0.6 is 0 Å². The van der Waals surface area contributed by atoms with Gasteiger partial charge in [-0.2, -0.15) is 0 Å². The SMILES string of the molecule is COc1ccc(-c2cccc(Nc3c(N)c(=O)c3=O)c2CNC(C)c2cc(F)cc(F)c2)cc1. The van der Waals surface area contributed by atoms with Gasteiger partial charge in [-0.25, -0.2) is 8.78 Å². The lowest BCUT2D eigenvalue weighted by Gasteiger charge is -2.21. The number of ether oxygens (including phenoxy) is 1. The summed E-state index contributed by atoms with van der Waals surface area (Å²) in [4.78, 5) is 23.5. The molecule has 0 amide bonds. The molecule has 0 heterocycles. The van der Waals surface area contributed by atoms with Crippen molar-refractivity contribution in [3.63, 3.8) is 0 Å². The Hall–Kier alpha value is -4.04. The molecule has 0 bridgehead atoms. The summed E-state index contributed by atoms with van der Waals surface area (Å²) in [6, 6.07) is 16.0. The average molecular weight is 463 g/mol. The monoisotopic (exact) mass is 463 g/mol. The van der Waals surface area contributed by atoms with E-state index in [9.17, 15) is 18.4 Å². The minimum Gasteiger partial charge on any atom is -0.497 e. The lowest BCUT2D eigenvalue weighted by atomic mass is 9.97. The normalized spacial score (nSPS) is 12.0. The zero-order valence-electron chi connectivity index (χ0n) is 18.6. The highest BCUT2D eigenvalue weighted by Crippen LogP contribution is 2.33. The third-order valence-corrected chi connectivity index (χ3v) is 5.75. The van der Waals surface area contributed by atoms with E-state index in [1.807, 2.05) is 36.4 Å². The van der Waals surface area contributed by atoms with Gasteiger partial charge in [-0.15, -0.1) is 0 Å². The quantitative estimate of drug-likeness (QED) is 0.335. The van der Waals surface area contributed by atoms with Crippen LogP contribution in [0.1, 0.15) is 24.1 Å². The zero-order valence-corrected chi connectivity index (χ0v) is 18.6. The highest BCUT2D eigenvalue weighted by Gasteiger charge is 2.20. The van der Waals surface area contributed by atoms with Crippen LogP contribution in [-0.4, -0.2) is 7.11 Å². The van der Waals surface area contributed by atoms with E-state index in [4.69, 9.17) is 10.5 Å². The van der Waals surface area contributed by atoms with Crippen LogP contribution < -0.4 is 32.0 Å². The smallest absolute Gasteiger partial charge is 0.253 e. The average Bonchev–Trinajstić information content (AvgIpc) is 2.84. The predicted octanol–water partition coefficient (Wildman–Crippen LogP) is 4.41. The van der Waals surface area contributed by atoms with Gasteiger partial charge in [0.1, 0.15) is 28.8 Å². The molecular formula is C26H23F2N3O3. The van der Waals surface area contributed by atoms with Crippen molar-refractivity contribution in [3.05, 3.63) is 104 Å². The Morgan fingerprint density at radius 1 is 0.971 bits per heavy atom. The van der Waals surface area contributed by atoms with E-state index in [0.29, 0.717) is 23.5 Å². The second-order valence-electron chi connectivity index (χ2n) is 7.94. The second kappa shape index (κ2) is 9.44. The van der Waals surface area contributed by atoms with Crippen molar-refractivity contribution in [3.8, 4) is 16.9 Å². The lowest BCUT2D eigenvalue weighted by Crippen LogP contribution is -2.36. The van der Waals surface area contributed by atoms with Gasteiger partial charge in [0.2, 0.25) is 0 Å².